The molecule has 88 valence electrons. The second-order valence-corrected chi connectivity index (χ2v) is 3.49. The smallest absolute Gasteiger partial charge is 0.347 e. The van der Waals surface area contributed by atoms with E-state index < -0.39 is 11.5 Å². The summed E-state index contributed by atoms with van der Waals surface area (Å²) in [7, 11) is 1.47. The number of hydrogen-bond donors (Lipinski definition) is 0. The maximum atomic E-state index is 13.6. The Bertz CT molecular complexity index is 581. The summed E-state index contributed by atoms with van der Waals surface area (Å²) >= 11 is 0. The van der Waals surface area contributed by atoms with Gasteiger partial charge < -0.3 is 4.74 Å². The second-order valence-electron chi connectivity index (χ2n) is 3.49. The highest BCUT2D eigenvalue weighted by molar-refractivity contribution is 5.29. The summed E-state index contributed by atoms with van der Waals surface area (Å²) in [5.41, 5.74) is 0.0172. The minimum Gasteiger partial charge on any atom is -0.497 e. The molecule has 0 radical (unpaired) electrons. The quantitative estimate of drug-likeness (QED) is 0.807. The molecule has 0 aliphatic heterocycles. The van der Waals surface area contributed by atoms with Crippen LogP contribution in [0.4, 0.5) is 4.39 Å². The van der Waals surface area contributed by atoms with Crippen molar-refractivity contribution in [3.8, 4) is 5.75 Å². The topological polar surface area (TPSA) is 44.1 Å². The number of halogens is 1. The van der Waals surface area contributed by atoms with E-state index in [9.17, 15) is 9.18 Å². The first-order valence-corrected chi connectivity index (χ1v) is 5.04. The molecule has 0 N–H and O–H groups in total. The van der Waals surface area contributed by atoms with E-state index in [1.54, 1.807) is 24.4 Å². The van der Waals surface area contributed by atoms with Gasteiger partial charge in [-0.3, -0.25) is 4.57 Å². The molecular formula is C12H11FN2O2. The lowest BCUT2D eigenvalue weighted by molar-refractivity contribution is 0.410. The average Bonchev–Trinajstić information content (AvgIpc) is 2.34. The molecule has 5 heteroatoms. The molecule has 0 atom stereocenters. The lowest BCUT2D eigenvalue weighted by Crippen LogP contribution is -2.22. The van der Waals surface area contributed by atoms with Crippen LogP contribution >= 0.6 is 0 Å². The number of methoxy groups -OCH3 is 1. The van der Waals surface area contributed by atoms with Crippen LogP contribution in [0.3, 0.4) is 0 Å². The first-order valence-electron chi connectivity index (χ1n) is 5.04. The van der Waals surface area contributed by atoms with E-state index in [2.05, 4.69) is 4.98 Å². The van der Waals surface area contributed by atoms with Gasteiger partial charge in [0.2, 0.25) is 0 Å². The number of ether oxygens (including phenoxy) is 1. The second kappa shape index (κ2) is 4.78. The number of hydrogen-bond acceptors (Lipinski definition) is 3. The molecule has 0 aliphatic rings. The van der Waals surface area contributed by atoms with Gasteiger partial charge in [0, 0.05) is 24.0 Å². The molecule has 1 aromatic heterocycles. The molecule has 1 aromatic carbocycles. The van der Waals surface area contributed by atoms with E-state index in [-0.39, 0.29) is 6.54 Å². The maximum absolute atomic E-state index is 13.6. The molecule has 0 bridgehead atoms. The van der Waals surface area contributed by atoms with Crippen LogP contribution in [0.25, 0.3) is 0 Å². The van der Waals surface area contributed by atoms with Gasteiger partial charge in [-0.05, 0) is 12.1 Å². The largest absolute Gasteiger partial charge is 0.497 e. The Morgan fingerprint density at radius 3 is 2.94 bits per heavy atom. The Morgan fingerprint density at radius 2 is 2.29 bits per heavy atom. The minimum absolute atomic E-state index is 0.155. The van der Waals surface area contributed by atoms with Gasteiger partial charge >= 0.3 is 5.69 Å². The lowest BCUT2D eigenvalue weighted by Gasteiger charge is -2.07. The van der Waals surface area contributed by atoms with E-state index in [4.69, 9.17) is 4.74 Å². The zero-order valence-corrected chi connectivity index (χ0v) is 9.26. The predicted octanol–water partition coefficient (Wildman–Crippen LogP) is 1.44. The van der Waals surface area contributed by atoms with Gasteiger partial charge in [-0.25, -0.2) is 14.2 Å². The molecule has 0 saturated heterocycles. The summed E-state index contributed by atoms with van der Waals surface area (Å²) in [6.07, 6.45) is 2.97. The van der Waals surface area contributed by atoms with Crippen molar-refractivity contribution >= 4 is 0 Å². The molecule has 17 heavy (non-hydrogen) atoms. The Labute approximate surface area is 97.3 Å². The highest BCUT2D eigenvalue weighted by Crippen LogP contribution is 2.16. The molecular weight excluding hydrogens is 223 g/mol. The monoisotopic (exact) mass is 234 g/mol. The molecule has 0 spiro atoms. The molecule has 0 aliphatic carbocycles. The number of benzene rings is 1. The summed E-state index contributed by atoms with van der Waals surface area (Å²) in [5, 5.41) is 0. The molecule has 2 rings (SSSR count). The summed E-state index contributed by atoms with van der Waals surface area (Å²) in [4.78, 5) is 15.0. The van der Waals surface area contributed by atoms with E-state index in [0.717, 1.165) is 0 Å². The fraction of sp³-hybridized carbons (Fsp3) is 0.167. The number of rotatable bonds is 3. The number of aromatic nitrogens is 2. The van der Waals surface area contributed by atoms with Crippen LogP contribution in [0.1, 0.15) is 5.56 Å². The van der Waals surface area contributed by atoms with Crippen LogP contribution in [-0.2, 0) is 6.54 Å². The third-order valence-corrected chi connectivity index (χ3v) is 2.38. The highest BCUT2D eigenvalue weighted by atomic mass is 19.1. The van der Waals surface area contributed by atoms with E-state index in [1.807, 2.05) is 0 Å². The first kappa shape index (κ1) is 11.3. The molecule has 2 aromatic rings. The molecule has 1 heterocycles. The number of nitrogens with zero attached hydrogens (tertiary/aromatic N) is 2. The van der Waals surface area contributed by atoms with Crippen LogP contribution in [0, 0.1) is 5.82 Å². The van der Waals surface area contributed by atoms with Crippen LogP contribution in [0.5, 0.6) is 5.75 Å². The molecule has 0 fully saturated rings. The summed E-state index contributed by atoms with van der Waals surface area (Å²) in [6, 6.07) is 6.16. The van der Waals surface area contributed by atoms with Crippen molar-refractivity contribution in [1.29, 1.82) is 0 Å². The Morgan fingerprint density at radius 1 is 1.47 bits per heavy atom. The highest BCUT2D eigenvalue weighted by Gasteiger charge is 2.05. The van der Waals surface area contributed by atoms with Gasteiger partial charge in [0.1, 0.15) is 11.6 Å². The maximum Gasteiger partial charge on any atom is 0.347 e. The van der Waals surface area contributed by atoms with Crippen molar-refractivity contribution < 1.29 is 9.13 Å². The van der Waals surface area contributed by atoms with Gasteiger partial charge in [-0.15, -0.1) is 0 Å². The molecule has 0 saturated carbocycles. The van der Waals surface area contributed by atoms with Gasteiger partial charge in [-0.1, -0.05) is 6.07 Å². The van der Waals surface area contributed by atoms with E-state index >= 15 is 0 Å². The summed E-state index contributed by atoms with van der Waals surface area (Å²) < 4.78 is 19.9. The Hall–Kier alpha value is -2.17. The minimum atomic E-state index is -0.403. The van der Waals surface area contributed by atoms with Gasteiger partial charge in [-0.2, -0.15) is 0 Å². The Balaban J connectivity index is 2.31. The van der Waals surface area contributed by atoms with Crippen LogP contribution in [-0.4, -0.2) is 16.7 Å². The standard InChI is InChI=1S/C12H11FN2O2/c1-17-10-4-3-9(11(13)7-10)8-15-6-2-5-14-12(15)16/h2-7H,8H2,1H3. The van der Waals surface area contributed by atoms with Crippen molar-refractivity contribution in [2.24, 2.45) is 0 Å². The van der Waals surface area contributed by atoms with Crippen LogP contribution < -0.4 is 10.4 Å². The molecule has 4 nitrogen and oxygen atoms in total. The zero-order valence-electron chi connectivity index (χ0n) is 9.26. The average molecular weight is 234 g/mol. The summed E-state index contributed by atoms with van der Waals surface area (Å²) in [5.74, 6) is 0.0462. The van der Waals surface area contributed by atoms with Crippen LogP contribution in [0.15, 0.2) is 41.5 Å². The summed E-state index contributed by atoms with van der Waals surface area (Å²) in [6.45, 7) is 0.155. The van der Waals surface area contributed by atoms with Gasteiger partial charge in [0.05, 0.1) is 13.7 Å². The lowest BCUT2D eigenvalue weighted by atomic mass is 10.2. The molecule has 0 amide bonds. The van der Waals surface area contributed by atoms with Crippen molar-refractivity contribution in [1.82, 2.24) is 9.55 Å². The normalized spacial score (nSPS) is 10.2. The Kier molecular flexibility index (Phi) is 3.18. The van der Waals surface area contributed by atoms with Crippen molar-refractivity contribution in [2.75, 3.05) is 7.11 Å². The van der Waals surface area contributed by atoms with E-state index in [1.165, 1.54) is 23.9 Å². The SMILES string of the molecule is COc1ccc(Cn2cccnc2=O)c(F)c1. The fourth-order valence-electron chi connectivity index (χ4n) is 1.47. The van der Waals surface area contributed by atoms with E-state index in [0.29, 0.717) is 11.3 Å². The fourth-order valence-corrected chi connectivity index (χ4v) is 1.47. The predicted molar refractivity (Wildman–Crippen MR) is 60.6 cm³/mol. The van der Waals surface area contributed by atoms with Crippen molar-refractivity contribution in [2.45, 2.75) is 6.54 Å². The van der Waals surface area contributed by atoms with Gasteiger partial charge in [0.25, 0.3) is 0 Å². The van der Waals surface area contributed by atoms with Crippen LogP contribution in [0.2, 0.25) is 0 Å². The zero-order chi connectivity index (χ0) is 12.3. The van der Waals surface area contributed by atoms with Gasteiger partial charge in [0.15, 0.2) is 0 Å². The molecule has 0 unspecified atom stereocenters. The van der Waals surface area contributed by atoms with Crippen molar-refractivity contribution in [3.63, 3.8) is 0 Å². The third-order valence-electron chi connectivity index (χ3n) is 2.38. The van der Waals surface area contributed by atoms with Crippen molar-refractivity contribution in [3.05, 3.63) is 58.5 Å². The third kappa shape index (κ3) is 2.50. The first-order chi connectivity index (χ1) is 8.20.